The Morgan fingerprint density at radius 2 is 1.62 bits per heavy atom. The third kappa shape index (κ3) is 1.42. The average Bonchev–Trinajstić information content (AvgIpc) is 2.52. The zero-order valence-electron chi connectivity index (χ0n) is 8.44. The predicted octanol–water partition coefficient (Wildman–Crippen LogP) is 1.44. The molecule has 1 aliphatic heterocycles. The number of rotatable bonds is 2. The maximum absolute atomic E-state index is 11.8. The zero-order valence-corrected chi connectivity index (χ0v) is 9.19. The van der Waals surface area contributed by atoms with Crippen LogP contribution in [-0.2, 0) is 4.79 Å². The third-order valence-corrected chi connectivity index (χ3v) is 2.86. The molecule has 0 aromatic heterocycles. The van der Waals surface area contributed by atoms with Gasteiger partial charge < -0.3 is 0 Å². The molecule has 0 fully saturated rings. The molecule has 1 atom stereocenters. The lowest BCUT2D eigenvalue weighted by Gasteiger charge is -2.18. The summed E-state index contributed by atoms with van der Waals surface area (Å²) < 4.78 is 0. The van der Waals surface area contributed by atoms with E-state index in [4.69, 9.17) is 11.6 Å². The number of hydrogen-bond acceptors (Lipinski definition) is 3. The number of carbonyl (C=O) groups is 3. The van der Waals surface area contributed by atoms with Crippen LogP contribution in [0.5, 0.6) is 0 Å². The van der Waals surface area contributed by atoms with Crippen LogP contribution in [0.25, 0.3) is 0 Å². The van der Waals surface area contributed by atoms with Crippen molar-refractivity contribution in [2.75, 3.05) is 0 Å². The quantitative estimate of drug-likeness (QED) is 0.578. The molecular weight excluding hydrogens is 230 g/mol. The molecule has 1 aromatic rings. The van der Waals surface area contributed by atoms with Crippen molar-refractivity contribution >= 4 is 28.7 Å². The van der Waals surface area contributed by atoms with E-state index in [9.17, 15) is 14.4 Å². The van der Waals surface area contributed by atoms with Crippen molar-refractivity contribution in [1.82, 2.24) is 4.90 Å². The summed E-state index contributed by atoms with van der Waals surface area (Å²) in [4.78, 5) is 35.6. The number of carbonyl (C=O) groups excluding carboxylic acids is 3. The van der Waals surface area contributed by atoms with Crippen LogP contribution >= 0.6 is 11.6 Å². The van der Waals surface area contributed by atoms with Gasteiger partial charge in [-0.2, -0.15) is 0 Å². The summed E-state index contributed by atoms with van der Waals surface area (Å²) in [7, 11) is 0. The molecule has 0 saturated carbocycles. The number of imide groups is 1. The Labute approximate surface area is 96.8 Å². The molecule has 0 aliphatic carbocycles. The third-order valence-electron chi connectivity index (χ3n) is 2.54. The van der Waals surface area contributed by atoms with Crippen LogP contribution in [0, 0.1) is 0 Å². The summed E-state index contributed by atoms with van der Waals surface area (Å²) in [5.74, 6) is -0.941. The van der Waals surface area contributed by atoms with Crippen molar-refractivity contribution < 1.29 is 14.4 Å². The Kier molecular flexibility index (Phi) is 2.52. The lowest BCUT2D eigenvalue weighted by atomic mass is 10.1. The van der Waals surface area contributed by atoms with Gasteiger partial charge in [0, 0.05) is 0 Å². The van der Waals surface area contributed by atoms with Crippen molar-refractivity contribution in [2.24, 2.45) is 0 Å². The monoisotopic (exact) mass is 237 g/mol. The lowest BCUT2D eigenvalue weighted by Crippen LogP contribution is -2.41. The van der Waals surface area contributed by atoms with E-state index in [1.807, 2.05) is 0 Å². The van der Waals surface area contributed by atoms with Gasteiger partial charge in [0.25, 0.3) is 11.8 Å². The van der Waals surface area contributed by atoms with Crippen LogP contribution in [0.4, 0.5) is 0 Å². The molecule has 0 spiro atoms. The molecule has 1 heterocycles. The molecule has 5 heteroatoms. The number of hydrogen-bond donors (Lipinski definition) is 0. The number of amides is 2. The fraction of sp³-hybridized carbons (Fsp3) is 0.182. The molecule has 1 aliphatic rings. The molecule has 0 saturated heterocycles. The van der Waals surface area contributed by atoms with Gasteiger partial charge in [0.15, 0.2) is 0 Å². The summed E-state index contributed by atoms with van der Waals surface area (Å²) in [6.45, 7) is 1.43. The maximum atomic E-state index is 11.8. The first kappa shape index (κ1) is 10.8. The van der Waals surface area contributed by atoms with E-state index >= 15 is 0 Å². The largest absolute Gasteiger partial charge is 0.279 e. The van der Waals surface area contributed by atoms with E-state index in [1.54, 1.807) is 24.3 Å². The second kappa shape index (κ2) is 3.72. The van der Waals surface area contributed by atoms with Crippen LogP contribution in [0.1, 0.15) is 27.6 Å². The highest BCUT2D eigenvalue weighted by atomic mass is 35.5. The molecule has 0 N–H and O–H groups in total. The van der Waals surface area contributed by atoms with Gasteiger partial charge in [0.1, 0.15) is 6.04 Å². The van der Waals surface area contributed by atoms with Gasteiger partial charge in [0.05, 0.1) is 11.1 Å². The summed E-state index contributed by atoms with van der Waals surface area (Å²) in [5, 5.41) is -0.727. The van der Waals surface area contributed by atoms with Crippen LogP contribution in [0.2, 0.25) is 0 Å². The van der Waals surface area contributed by atoms with Gasteiger partial charge >= 0.3 is 0 Å². The van der Waals surface area contributed by atoms with Gasteiger partial charge in [-0.05, 0) is 30.7 Å². The van der Waals surface area contributed by atoms with Crippen molar-refractivity contribution in [2.45, 2.75) is 13.0 Å². The summed E-state index contributed by atoms with van der Waals surface area (Å²) in [5.41, 5.74) is 0.634. The molecule has 2 amide bonds. The van der Waals surface area contributed by atoms with Crippen molar-refractivity contribution in [3.8, 4) is 0 Å². The summed E-state index contributed by atoms with van der Waals surface area (Å²) in [6.07, 6.45) is 0. The molecule has 0 radical (unpaired) electrons. The zero-order chi connectivity index (χ0) is 11.9. The molecule has 0 bridgehead atoms. The minimum atomic E-state index is -0.936. The topological polar surface area (TPSA) is 54.5 Å². The highest BCUT2D eigenvalue weighted by Gasteiger charge is 2.39. The minimum Gasteiger partial charge on any atom is -0.279 e. The van der Waals surface area contributed by atoms with E-state index < -0.39 is 23.1 Å². The van der Waals surface area contributed by atoms with Crippen molar-refractivity contribution in [3.05, 3.63) is 35.4 Å². The SMILES string of the molecule is CC(C(=O)Cl)N1C(=O)c2ccccc2C1=O. The molecular formula is C11H8ClNO3. The molecule has 1 unspecified atom stereocenters. The van der Waals surface area contributed by atoms with Crippen molar-refractivity contribution in [3.63, 3.8) is 0 Å². The fourth-order valence-corrected chi connectivity index (χ4v) is 1.76. The smallest absolute Gasteiger partial charge is 0.262 e. The van der Waals surface area contributed by atoms with Gasteiger partial charge in [-0.25, -0.2) is 0 Å². The Morgan fingerprint density at radius 3 is 2.00 bits per heavy atom. The van der Waals surface area contributed by atoms with Gasteiger partial charge in [-0.1, -0.05) is 12.1 Å². The lowest BCUT2D eigenvalue weighted by molar-refractivity contribution is -0.114. The molecule has 4 nitrogen and oxygen atoms in total. The number of fused-ring (bicyclic) bond motifs is 1. The van der Waals surface area contributed by atoms with E-state index in [2.05, 4.69) is 0 Å². The van der Waals surface area contributed by atoms with Crippen LogP contribution in [-0.4, -0.2) is 28.0 Å². The summed E-state index contributed by atoms with van der Waals surface area (Å²) >= 11 is 5.30. The van der Waals surface area contributed by atoms with E-state index in [0.717, 1.165) is 4.90 Å². The summed E-state index contributed by atoms with van der Waals surface area (Å²) in [6, 6.07) is 5.51. The van der Waals surface area contributed by atoms with Crippen molar-refractivity contribution in [1.29, 1.82) is 0 Å². The Bertz CT molecular complexity index is 463. The van der Waals surface area contributed by atoms with E-state index in [-0.39, 0.29) is 0 Å². The Hall–Kier alpha value is -1.68. The second-order valence-corrected chi connectivity index (χ2v) is 3.88. The van der Waals surface area contributed by atoms with Crippen LogP contribution < -0.4 is 0 Å². The maximum Gasteiger partial charge on any atom is 0.262 e. The van der Waals surface area contributed by atoms with E-state index in [0.29, 0.717) is 11.1 Å². The first-order valence-electron chi connectivity index (χ1n) is 4.70. The second-order valence-electron chi connectivity index (χ2n) is 3.51. The first-order valence-corrected chi connectivity index (χ1v) is 5.08. The highest BCUT2D eigenvalue weighted by molar-refractivity contribution is 6.65. The molecule has 82 valence electrons. The van der Waals surface area contributed by atoms with Gasteiger partial charge in [0.2, 0.25) is 5.24 Å². The molecule has 2 rings (SSSR count). The molecule has 1 aromatic carbocycles. The standard InChI is InChI=1S/C11H8ClNO3/c1-6(9(12)14)13-10(15)7-4-2-3-5-8(7)11(13)16/h2-6H,1H3. The number of benzene rings is 1. The minimum absolute atomic E-state index is 0.317. The van der Waals surface area contributed by atoms with Crippen LogP contribution in [0.15, 0.2) is 24.3 Å². The molecule has 16 heavy (non-hydrogen) atoms. The predicted molar refractivity (Wildman–Crippen MR) is 57.3 cm³/mol. The average molecular weight is 238 g/mol. The highest BCUT2D eigenvalue weighted by Crippen LogP contribution is 2.24. The Morgan fingerprint density at radius 1 is 1.19 bits per heavy atom. The van der Waals surface area contributed by atoms with Crippen LogP contribution in [0.3, 0.4) is 0 Å². The Balaban J connectivity index is 2.46. The normalized spacial score (nSPS) is 16.2. The number of nitrogens with zero attached hydrogens (tertiary/aromatic N) is 1. The van der Waals surface area contributed by atoms with Gasteiger partial charge in [-0.3, -0.25) is 19.3 Å². The number of halogens is 1. The van der Waals surface area contributed by atoms with E-state index in [1.165, 1.54) is 6.92 Å². The van der Waals surface area contributed by atoms with Gasteiger partial charge in [-0.15, -0.1) is 0 Å². The first-order chi connectivity index (χ1) is 7.54. The fourth-order valence-electron chi connectivity index (χ4n) is 1.66.